The lowest BCUT2D eigenvalue weighted by Crippen LogP contribution is -2.38. The van der Waals surface area contributed by atoms with Gasteiger partial charge in [-0.15, -0.1) is 0 Å². The van der Waals surface area contributed by atoms with E-state index in [4.69, 9.17) is 38.9 Å². The minimum absolute atomic E-state index is 0.0470. The number of hydrogen-bond donors (Lipinski definition) is 4. The molecule has 0 spiro atoms. The Bertz CT molecular complexity index is 1220. The molecule has 9 nitrogen and oxygen atoms in total. The lowest BCUT2D eigenvalue weighted by atomic mass is 9.73. The van der Waals surface area contributed by atoms with Gasteiger partial charge in [0.25, 0.3) is 0 Å². The van der Waals surface area contributed by atoms with Gasteiger partial charge in [-0.25, -0.2) is 19.4 Å². The number of primary amides is 1. The van der Waals surface area contributed by atoms with Crippen molar-refractivity contribution in [1.29, 1.82) is 0 Å². The number of imidazole rings is 1. The highest BCUT2D eigenvalue weighted by Crippen LogP contribution is 2.44. The summed E-state index contributed by atoms with van der Waals surface area (Å²) in [6.45, 7) is 7.43. The Morgan fingerprint density at radius 1 is 1.26 bits per heavy atom. The molecule has 0 unspecified atom stereocenters. The van der Waals surface area contributed by atoms with Crippen LogP contribution in [0.1, 0.15) is 70.0 Å². The molecule has 4 rings (SSSR count). The number of benzene rings is 1. The average molecular weight is 567 g/mol. The molecule has 1 amide bonds. The highest BCUT2D eigenvalue weighted by Gasteiger charge is 2.38. The summed E-state index contributed by atoms with van der Waals surface area (Å²) in [5.41, 5.74) is 6.10. The number of anilines is 3. The van der Waals surface area contributed by atoms with Crippen LogP contribution in [0.3, 0.4) is 0 Å². The summed E-state index contributed by atoms with van der Waals surface area (Å²) in [7, 11) is 0. The smallest absolute Gasteiger partial charge is 0.223 e. The molecule has 2 aliphatic rings. The van der Waals surface area contributed by atoms with Gasteiger partial charge in [-0.1, -0.05) is 30.1 Å². The second-order valence-corrected chi connectivity index (χ2v) is 11.3. The van der Waals surface area contributed by atoms with Crippen molar-refractivity contribution in [2.75, 3.05) is 10.6 Å². The van der Waals surface area contributed by atoms with Gasteiger partial charge in [-0.2, -0.15) is 0 Å². The second-order valence-electron chi connectivity index (χ2n) is 10.5. The first kappa shape index (κ1) is 28.3. The Labute approximate surface area is 231 Å². The number of rotatable bonds is 6. The van der Waals surface area contributed by atoms with Gasteiger partial charge in [0.2, 0.25) is 17.8 Å². The third-order valence-corrected chi connectivity index (χ3v) is 8.25. The van der Waals surface area contributed by atoms with E-state index in [2.05, 4.69) is 22.3 Å². The van der Waals surface area contributed by atoms with Crippen molar-refractivity contribution in [1.82, 2.24) is 9.55 Å². The molecule has 0 bridgehead atoms. The SMILES string of the molecule is C=NC(=N[C@@H]1CCC[C@H](O)C1)Nc1c(C)nc(Nc2c(Cl)cc(F)cc2Cl)n1C1CCC(C)(C(N)=O)CC1. The lowest BCUT2D eigenvalue weighted by molar-refractivity contribution is -0.128. The van der Waals surface area contributed by atoms with Crippen LogP contribution in [-0.4, -0.2) is 45.4 Å². The number of carbonyl (C=O) groups is 1. The Balaban J connectivity index is 1.71. The molecule has 1 aromatic heterocycles. The van der Waals surface area contributed by atoms with Crippen LogP contribution in [0, 0.1) is 18.2 Å². The first-order valence-corrected chi connectivity index (χ1v) is 13.6. The van der Waals surface area contributed by atoms with E-state index in [1.807, 2.05) is 18.4 Å². The first-order valence-electron chi connectivity index (χ1n) is 12.8. The molecule has 2 saturated carbocycles. The number of carbonyl (C=O) groups excluding carboxylic acids is 1. The highest BCUT2D eigenvalue weighted by molar-refractivity contribution is 6.39. The predicted octanol–water partition coefficient (Wildman–Crippen LogP) is 5.76. The number of amides is 1. The molecule has 0 radical (unpaired) electrons. The minimum atomic E-state index is -0.575. The van der Waals surface area contributed by atoms with Crippen molar-refractivity contribution >= 4 is 59.2 Å². The van der Waals surface area contributed by atoms with Crippen molar-refractivity contribution in [3.63, 3.8) is 0 Å². The number of halogens is 3. The van der Waals surface area contributed by atoms with Crippen LogP contribution < -0.4 is 16.4 Å². The van der Waals surface area contributed by atoms with E-state index >= 15 is 0 Å². The van der Waals surface area contributed by atoms with Crippen molar-refractivity contribution in [3.05, 3.63) is 33.7 Å². The zero-order chi connectivity index (χ0) is 27.6. The number of aliphatic hydroxyl groups is 1. The van der Waals surface area contributed by atoms with Gasteiger partial charge < -0.3 is 21.5 Å². The molecule has 206 valence electrons. The van der Waals surface area contributed by atoms with Crippen LogP contribution in [0.2, 0.25) is 10.0 Å². The maximum absolute atomic E-state index is 13.8. The fraction of sp³-hybridized carbons (Fsp3) is 0.538. The molecule has 12 heteroatoms. The third-order valence-electron chi connectivity index (χ3n) is 7.65. The van der Waals surface area contributed by atoms with E-state index in [-0.39, 0.29) is 34.1 Å². The summed E-state index contributed by atoms with van der Waals surface area (Å²) < 4.78 is 15.8. The molecular weight excluding hydrogens is 532 g/mol. The van der Waals surface area contributed by atoms with Gasteiger partial charge in [0, 0.05) is 11.5 Å². The van der Waals surface area contributed by atoms with E-state index in [1.165, 1.54) is 12.1 Å². The van der Waals surface area contributed by atoms with E-state index in [0.29, 0.717) is 61.2 Å². The van der Waals surface area contributed by atoms with Crippen LogP contribution >= 0.6 is 23.2 Å². The molecule has 5 N–H and O–H groups in total. The van der Waals surface area contributed by atoms with Crippen LogP contribution in [0.5, 0.6) is 0 Å². The molecular formula is C26H34Cl2FN7O2. The molecule has 1 heterocycles. The van der Waals surface area contributed by atoms with Gasteiger partial charge >= 0.3 is 0 Å². The van der Waals surface area contributed by atoms with Crippen LogP contribution in [0.4, 0.5) is 21.8 Å². The summed E-state index contributed by atoms with van der Waals surface area (Å²) in [5.74, 6) is 0.577. The minimum Gasteiger partial charge on any atom is -0.393 e. The maximum atomic E-state index is 13.8. The zero-order valence-electron chi connectivity index (χ0n) is 21.6. The average Bonchev–Trinajstić information content (AvgIpc) is 3.15. The topological polar surface area (TPSA) is 130 Å². The molecule has 2 aliphatic carbocycles. The highest BCUT2D eigenvalue weighted by atomic mass is 35.5. The lowest BCUT2D eigenvalue weighted by Gasteiger charge is -2.36. The number of nitrogens with one attached hydrogen (secondary N) is 2. The molecule has 0 saturated heterocycles. The fourth-order valence-corrected chi connectivity index (χ4v) is 5.86. The van der Waals surface area contributed by atoms with E-state index in [1.54, 1.807) is 0 Å². The van der Waals surface area contributed by atoms with Crippen LogP contribution in [0.25, 0.3) is 0 Å². The number of guanidine groups is 1. The Morgan fingerprint density at radius 2 is 1.92 bits per heavy atom. The molecule has 2 fully saturated rings. The van der Waals surface area contributed by atoms with E-state index < -0.39 is 11.2 Å². The van der Waals surface area contributed by atoms with Gasteiger partial charge in [-0.05, 0) is 77.1 Å². The number of hydrogen-bond acceptors (Lipinski definition) is 5. The Kier molecular flexibility index (Phi) is 8.64. The summed E-state index contributed by atoms with van der Waals surface area (Å²) in [4.78, 5) is 25.6. The second kappa shape index (κ2) is 11.6. The quantitative estimate of drug-likeness (QED) is 0.261. The molecule has 2 aromatic rings. The third kappa shape index (κ3) is 6.13. The van der Waals surface area contributed by atoms with E-state index in [9.17, 15) is 14.3 Å². The van der Waals surface area contributed by atoms with E-state index in [0.717, 1.165) is 19.3 Å². The van der Waals surface area contributed by atoms with Gasteiger partial charge in [0.15, 0.2) is 0 Å². The van der Waals surface area contributed by atoms with Crippen LogP contribution in [0.15, 0.2) is 22.1 Å². The van der Waals surface area contributed by atoms with Crippen molar-refractivity contribution in [3.8, 4) is 0 Å². The number of aliphatic hydroxyl groups excluding tert-OH is 1. The maximum Gasteiger partial charge on any atom is 0.223 e. The van der Waals surface area contributed by atoms with Gasteiger partial charge in [0.1, 0.15) is 11.6 Å². The summed E-state index contributed by atoms with van der Waals surface area (Å²) >= 11 is 12.6. The first-order chi connectivity index (χ1) is 18.0. The monoisotopic (exact) mass is 565 g/mol. The van der Waals surface area contributed by atoms with Crippen molar-refractivity contribution in [2.45, 2.75) is 83.4 Å². The standard InChI is InChI=1S/C26H34Cl2FN7O2/c1-14-22(35-24(31-3)33-16-5-4-6-18(37)13-16)36(17-7-9-26(2,10-8-17)23(30)38)25(32-14)34-21-19(27)11-15(29)12-20(21)28/h11-12,16-18,37H,3-10,13H2,1-2H3,(H2,30,38)(H,32,34)(H,33,35)/t16-,17?,18+,26?/m1/s1. The summed E-state index contributed by atoms with van der Waals surface area (Å²) in [6, 6.07) is 2.25. The molecule has 38 heavy (non-hydrogen) atoms. The molecule has 0 aliphatic heterocycles. The van der Waals surface area contributed by atoms with Gasteiger partial charge in [0.05, 0.1) is 33.6 Å². The van der Waals surface area contributed by atoms with Crippen LogP contribution in [-0.2, 0) is 4.79 Å². The van der Waals surface area contributed by atoms with Crippen molar-refractivity contribution in [2.24, 2.45) is 21.1 Å². The number of aliphatic imine (C=N–C) groups is 2. The normalized spacial score (nSPS) is 26.2. The Hall–Kier alpha value is -2.69. The van der Waals surface area contributed by atoms with Crippen molar-refractivity contribution < 1.29 is 14.3 Å². The Morgan fingerprint density at radius 3 is 2.50 bits per heavy atom. The number of aromatic nitrogens is 2. The summed E-state index contributed by atoms with van der Waals surface area (Å²) in [5, 5.41) is 16.8. The number of aryl methyl sites for hydroxylation is 1. The molecule has 2 atom stereocenters. The number of nitrogens with zero attached hydrogens (tertiary/aromatic N) is 4. The number of nitrogens with two attached hydrogens (primary N) is 1. The van der Waals surface area contributed by atoms with Gasteiger partial charge in [-0.3, -0.25) is 9.36 Å². The predicted molar refractivity (Wildman–Crippen MR) is 150 cm³/mol. The molecule has 1 aromatic carbocycles. The zero-order valence-corrected chi connectivity index (χ0v) is 23.1. The summed E-state index contributed by atoms with van der Waals surface area (Å²) in [6.07, 6.45) is 5.30. The largest absolute Gasteiger partial charge is 0.393 e. The fourth-order valence-electron chi connectivity index (χ4n) is 5.31.